The number of phenolic OH excluding ortho intramolecular Hbond substituents is 1. The van der Waals surface area contributed by atoms with E-state index < -0.39 is 0 Å². The zero-order valence-electron chi connectivity index (χ0n) is 10.1. The molecule has 16 heavy (non-hydrogen) atoms. The summed E-state index contributed by atoms with van der Waals surface area (Å²) in [6.07, 6.45) is 1.47. The Morgan fingerprint density at radius 2 is 2.12 bits per heavy atom. The van der Waals surface area contributed by atoms with Crippen molar-refractivity contribution < 1.29 is 9.90 Å². The zero-order valence-corrected chi connectivity index (χ0v) is 10.1. The summed E-state index contributed by atoms with van der Waals surface area (Å²) in [7, 11) is 0. The number of carbonyl (C=O) groups excluding carboxylic acids is 1. The summed E-state index contributed by atoms with van der Waals surface area (Å²) in [4.78, 5) is 11.9. The Morgan fingerprint density at radius 1 is 1.44 bits per heavy atom. The molecule has 1 aliphatic carbocycles. The van der Waals surface area contributed by atoms with Crippen LogP contribution in [0.3, 0.4) is 0 Å². The van der Waals surface area contributed by atoms with Crippen molar-refractivity contribution in [1.82, 2.24) is 0 Å². The first-order chi connectivity index (χ1) is 7.56. The molecule has 0 aromatic heterocycles. The van der Waals surface area contributed by atoms with Crippen molar-refractivity contribution in [3.63, 3.8) is 0 Å². The summed E-state index contributed by atoms with van der Waals surface area (Å²) in [5.74, 6) is 0.976. The van der Waals surface area contributed by atoms with Crippen LogP contribution in [0.5, 0.6) is 5.75 Å². The summed E-state index contributed by atoms with van der Waals surface area (Å²) in [5.41, 5.74) is 2.89. The van der Waals surface area contributed by atoms with Gasteiger partial charge in [0, 0.05) is 6.42 Å². The van der Waals surface area contributed by atoms with Gasteiger partial charge in [0.25, 0.3) is 0 Å². The lowest BCUT2D eigenvalue weighted by molar-refractivity contribution is 0.0982. The fraction of sp³-hybridized carbons (Fsp3) is 0.500. The van der Waals surface area contributed by atoms with Crippen LogP contribution < -0.4 is 0 Å². The third-order valence-electron chi connectivity index (χ3n) is 3.55. The molecule has 2 nitrogen and oxygen atoms in total. The minimum Gasteiger partial charge on any atom is -0.507 e. The summed E-state index contributed by atoms with van der Waals surface area (Å²) in [5, 5.41) is 9.80. The summed E-state index contributed by atoms with van der Waals surface area (Å²) >= 11 is 0. The maximum absolute atomic E-state index is 11.9. The van der Waals surface area contributed by atoms with E-state index in [0.29, 0.717) is 17.9 Å². The van der Waals surface area contributed by atoms with E-state index in [1.165, 1.54) is 5.56 Å². The summed E-state index contributed by atoms with van der Waals surface area (Å²) in [6.45, 7) is 6.36. The largest absolute Gasteiger partial charge is 0.507 e. The summed E-state index contributed by atoms with van der Waals surface area (Å²) in [6, 6.07) is 3.60. The van der Waals surface area contributed by atoms with Crippen LogP contribution in [0.25, 0.3) is 0 Å². The number of carbonyl (C=O) groups is 1. The van der Waals surface area contributed by atoms with Crippen molar-refractivity contribution in [2.24, 2.45) is 5.92 Å². The molecule has 2 heteroatoms. The van der Waals surface area contributed by atoms with Crippen LogP contribution >= 0.6 is 0 Å². The van der Waals surface area contributed by atoms with Gasteiger partial charge in [-0.1, -0.05) is 26.8 Å². The van der Waals surface area contributed by atoms with Crippen molar-refractivity contribution in [3.05, 3.63) is 28.8 Å². The highest BCUT2D eigenvalue weighted by Gasteiger charge is 2.35. The van der Waals surface area contributed by atoms with E-state index in [1.807, 2.05) is 6.07 Å². The topological polar surface area (TPSA) is 37.3 Å². The van der Waals surface area contributed by atoms with E-state index in [1.54, 1.807) is 6.07 Å². The summed E-state index contributed by atoms with van der Waals surface area (Å²) < 4.78 is 0. The van der Waals surface area contributed by atoms with Gasteiger partial charge in [0.1, 0.15) is 5.75 Å². The van der Waals surface area contributed by atoms with E-state index in [9.17, 15) is 9.90 Å². The van der Waals surface area contributed by atoms with Gasteiger partial charge in [-0.25, -0.2) is 0 Å². The van der Waals surface area contributed by atoms with Crippen LogP contribution in [0.1, 0.15) is 54.6 Å². The van der Waals surface area contributed by atoms with Gasteiger partial charge in [-0.15, -0.1) is 0 Å². The van der Waals surface area contributed by atoms with Gasteiger partial charge in [-0.3, -0.25) is 4.79 Å². The molecule has 1 atom stereocenters. The predicted molar refractivity (Wildman–Crippen MR) is 64.0 cm³/mol. The Kier molecular flexibility index (Phi) is 2.75. The van der Waals surface area contributed by atoms with E-state index in [0.717, 1.165) is 12.0 Å². The molecule has 1 unspecified atom stereocenters. The van der Waals surface area contributed by atoms with Crippen molar-refractivity contribution in [1.29, 1.82) is 0 Å². The van der Waals surface area contributed by atoms with Gasteiger partial charge >= 0.3 is 0 Å². The third kappa shape index (κ3) is 1.53. The Balaban J connectivity index is 2.64. The van der Waals surface area contributed by atoms with Crippen LogP contribution in [-0.2, 0) is 6.42 Å². The van der Waals surface area contributed by atoms with Gasteiger partial charge in [-0.2, -0.15) is 0 Å². The molecule has 0 bridgehead atoms. The van der Waals surface area contributed by atoms with Crippen LogP contribution in [0.15, 0.2) is 12.1 Å². The van der Waals surface area contributed by atoms with Crippen LogP contribution in [0.2, 0.25) is 0 Å². The van der Waals surface area contributed by atoms with Crippen molar-refractivity contribution in [2.75, 3.05) is 0 Å². The first-order valence-corrected chi connectivity index (χ1v) is 5.94. The van der Waals surface area contributed by atoms with Gasteiger partial charge < -0.3 is 5.11 Å². The Labute approximate surface area is 96.3 Å². The lowest BCUT2D eigenvalue weighted by Crippen LogP contribution is -2.05. The SMILES string of the molecule is CCc1ccc(O)c2c1C(C(C)C)CC2=O. The van der Waals surface area contributed by atoms with E-state index >= 15 is 0 Å². The monoisotopic (exact) mass is 218 g/mol. The highest BCUT2D eigenvalue weighted by molar-refractivity contribution is 6.04. The Hall–Kier alpha value is -1.31. The second kappa shape index (κ2) is 3.93. The molecule has 0 heterocycles. The molecule has 0 radical (unpaired) electrons. The minimum atomic E-state index is 0.0986. The standard InChI is InChI=1S/C14H18O2/c1-4-9-5-6-11(15)14-12(16)7-10(8(2)3)13(9)14/h5-6,8,10,15H,4,7H2,1-3H3. The van der Waals surface area contributed by atoms with Gasteiger partial charge in [0.05, 0.1) is 5.56 Å². The number of aromatic hydroxyl groups is 1. The van der Waals surface area contributed by atoms with Gasteiger partial charge in [-0.05, 0) is 35.4 Å². The lowest BCUT2D eigenvalue weighted by Gasteiger charge is -2.18. The Morgan fingerprint density at radius 3 is 2.69 bits per heavy atom. The molecule has 1 N–H and O–H groups in total. The van der Waals surface area contributed by atoms with Gasteiger partial charge in [0.15, 0.2) is 5.78 Å². The number of Topliss-reactive ketones (excluding diaryl/α,β-unsaturated/α-hetero) is 1. The normalized spacial score (nSPS) is 19.2. The lowest BCUT2D eigenvalue weighted by atomic mass is 9.86. The average Bonchev–Trinajstić information content (AvgIpc) is 2.58. The number of hydrogen-bond acceptors (Lipinski definition) is 2. The molecule has 0 aliphatic heterocycles. The number of ketones is 1. The fourth-order valence-electron chi connectivity index (χ4n) is 2.65. The maximum atomic E-state index is 11.9. The predicted octanol–water partition coefficient (Wildman–Crippen LogP) is 3.28. The van der Waals surface area contributed by atoms with E-state index in [4.69, 9.17) is 0 Å². The molecular weight excluding hydrogens is 200 g/mol. The smallest absolute Gasteiger partial charge is 0.167 e. The van der Waals surface area contributed by atoms with Gasteiger partial charge in [0.2, 0.25) is 0 Å². The molecule has 2 rings (SSSR count). The molecule has 0 saturated heterocycles. The molecular formula is C14H18O2. The molecule has 0 saturated carbocycles. The first kappa shape index (κ1) is 11.2. The number of fused-ring (bicyclic) bond motifs is 1. The highest BCUT2D eigenvalue weighted by atomic mass is 16.3. The second-order valence-corrected chi connectivity index (χ2v) is 4.86. The molecule has 0 spiro atoms. The number of rotatable bonds is 2. The highest BCUT2D eigenvalue weighted by Crippen LogP contribution is 2.43. The van der Waals surface area contributed by atoms with E-state index in [-0.39, 0.29) is 17.5 Å². The Bertz CT molecular complexity index is 433. The first-order valence-electron chi connectivity index (χ1n) is 5.94. The zero-order chi connectivity index (χ0) is 11.9. The molecule has 0 amide bonds. The van der Waals surface area contributed by atoms with Crippen molar-refractivity contribution in [3.8, 4) is 5.75 Å². The molecule has 86 valence electrons. The van der Waals surface area contributed by atoms with Crippen LogP contribution in [0, 0.1) is 5.92 Å². The second-order valence-electron chi connectivity index (χ2n) is 4.86. The number of hydrogen-bond donors (Lipinski definition) is 1. The molecule has 1 aromatic rings. The molecule has 1 aliphatic rings. The molecule has 1 aromatic carbocycles. The van der Waals surface area contributed by atoms with Crippen LogP contribution in [0.4, 0.5) is 0 Å². The number of aryl methyl sites for hydroxylation is 1. The minimum absolute atomic E-state index is 0.0986. The molecule has 0 fully saturated rings. The third-order valence-corrected chi connectivity index (χ3v) is 3.55. The number of benzene rings is 1. The number of phenols is 1. The van der Waals surface area contributed by atoms with E-state index in [2.05, 4.69) is 20.8 Å². The van der Waals surface area contributed by atoms with Crippen molar-refractivity contribution in [2.45, 2.75) is 39.5 Å². The van der Waals surface area contributed by atoms with Crippen LogP contribution in [-0.4, -0.2) is 10.9 Å². The maximum Gasteiger partial charge on any atom is 0.167 e. The van der Waals surface area contributed by atoms with Crippen molar-refractivity contribution >= 4 is 5.78 Å². The quantitative estimate of drug-likeness (QED) is 0.827. The average molecular weight is 218 g/mol. The fourth-order valence-corrected chi connectivity index (χ4v) is 2.65.